The summed E-state index contributed by atoms with van der Waals surface area (Å²) in [6.07, 6.45) is 4.33. The van der Waals surface area contributed by atoms with Crippen LogP contribution in [0.15, 0.2) is 0 Å². The minimum atomic E-state index is -0.703. The lowest BCUT2D eigenvalue weighted by Gasteiger charge is -2.30. The van der Waals surface area contributed by atoms with Crippen molar-refractivity contribution >= 4 is 5.97 Å². The van der Waals surface area contributed by atoms with E-state index in [0.29, 0.717) is 6.04 Å². The van der Waals surface area contributed by atoms with Gasteiger partial charge in [0.1, 0.15) is 0 Å². The summed E-state index contributed by atoms with van der Waals surface area (Å²) in [5.41, 5.74) is -0.615. The van der Waals surface area contributed by atoms with E-state index in [-0.39, 0.29) is 0 Å². The van der Waals surface area contributed by atoms with Gasteiger partial charge < -0.3 is 9.84 Å². The van der Waals surface area contributed by atoms with Gasteiger partial charge in [-0.3, -0.25) is 9.69 Å². The third-order valence-corrected chi connectivity index (χ3v) is 4.29. The van der Waals surface area contributed by atoms with Gasteiger partial charge in [0.05, 0.1) is 12.0 Å². The summed E-state index contributed by atoms with van der Waals surface area (Å²) in [4.78, 5) is 13.5. The summed E-state index contributed by atoms with van der Waals surface area (Å²) in [7, 11) is 1.73. The van der Waals surface area contributed by atoms with Crippen molar-refractivity contribution in [2.24, 2.45) is 11.3 Å². The summed E-state index contributed by atoms with van der Waals surface area (Å²) in [6.45, 7) is 8.56. The average molecular weight is 271 g/mol. The van der Waals surface area contributed by atoms with Crippen molar-refractivity contribution in [3.63, 3.8) is 0 Å². The number of hydrogen-bond donors (Lipinski definition) is 1. The molecule has 0 aromatic heterocycles. The van der Waals surface area contributed by atoms with E-state index in [4.69, 9.17) is 9.84 Å². The fourth-order valence-electron chi connectivity index (χ4n) is 2.44. The van der Waals surface area contributed by atoms with E-state index in [1.165, 1.54) is 12.8 Å². The van der Waals surface area contributed by atoms with Gasteiger partial charge >= 0.3 is 5.97 Å². The summed E-state index contributed by atoms with van der Waals surface area (Å²) in [5, 5.41) is 9.12. The van der Waals surface area contributed by atoms with Crippen LogP contribution in [-0.2, 0) is 9.53 Å². The van der Waals surface area contributed by atoms with Crippen molar-refractivity contribution in [2.45, 2.75) is 52.5 Å². The Hall–Kier alpha value is -0.610. The molecule has 19 heavy (non-hydrogen) atoms. The van der Waals surface area contributed by atoms with E-state index in [1.807, 2.05) is 0 Å². The van der Waals surface area contributed by atoms with E-state index in [0.717, 1.165) is 38.5 Å². The van der Waals surface area contributed by atoms with Crippen molar-refractivity contribution in [3.05, 3.63) is 0 Å². The topological polar surface area (TPSA) is 49.8 Å². The summed E-state index contributed by atoms with van der Waals surface area (Å²) in [5.74, 6) is 0.135. The Morgan fingerprint density at radius 1 is 1.42 bits per heavy atom. The lowest BCUT2D eigenvalue weighted by atomic mass is 9.88. The van der Waals surface area contributed by atoms with Crippen LogP contribution in [0.25, 0.3) is 0 Å². The van der Waals surface area contributed by atoms with Crippen LogP contribution in [0.3, 0.4) is 0 Å². The molecular formula is C15H29NO3. The fraction of sp³-hybridized carbons (Fsp3) is 0.933. The number of ether oxygens (including phenoxy) is 1. The number of aliphatic carboxylic acids is 1. The number of hydrogen-bond acceptors (Lipinski definition) is 3. The molecule has 0 aliphatic heterocycles. The standard InChI is InChI=1S/C15H29NO3/c1-12(13-6-7-13)16(10-11-19-4)9-5-8-15(2,3)14(17)18/h12-13H,5-11H2,1-4H3,(H,17,18). The second-order valence-corrected chi connectivity index (χ2v) is 6.40. The number of carboxylic acid groups (broad SMARTS) is 1. The molecule has 1 atom stereocenters. The first-order chi connectivity index (χ1) is 8.88. The van der Waals surface area contributed by atoms with Gasteiger partial charge in [-0.2, -0.15) is 0 Å². The number of methoxy groups -OCH3 is 1. The van der Waals surface area contributed by atoms with E-state index >= 15 is 0 Å². The molecule has 1 aliphatic rings. The Morgan fingerprint density at radius 2 is 2.05 bits per heavy atom. The Bertz CT molecular complexity index is 287. The van der Waals surface area contributed by atoms with Crippen LogP contribution < -0.4 is 0 Å². The molecule has 1 rings (SSSR count). The molecule has 4 heteroatoms. The van der Waals surface area contributed by atoms with Crippen LogP contribution in [0.1, 0.15) is 46.5 Å². The summed E-state index contributed by atoms with van der Waals surface area (Å²) < 4.78 is 5.17. The van der Waals surface area contributed by atoms with Gasteiger partial charge in [0.15, 0.2) is 0 Å². The van der Waals surface area contributed by atoms with Gasteiger partial charge in [-0.25, -0.2) is 0 Å². The Balaban J connectivity index is 2.37. The molecule has 0 aromatic rings. The zero-order valence-electron chi connectivity index (χ0n) is 12.8. The molecule has 0 bridgehead atoms. The molecule has 0 amide bonds. The third kappa shape index (κ3) is 5.49. The van der Waals surface area contributed by atoms with Gasteiger partial charge in [-0.1, -0.05) is 0 Å². The van der Waals surface area contributed by atoms with Crippen molar-refractivity contribution in [1.82, 2.24) is 4.90 Å². The largest absolute Gasteiger partial charge is 0.481 e. The number of nitrogens with zero attached hydrogens (tertiary/aromatic N) is 1. The molecule has 1 aliphatic carbocycles. The van der Waals surface area contributed by atoms with Crippen molar-refractivity contribution in [3.8, 4) is 0 Å². The van der Waals surface area contributed by atoms with Crippen LogP contribution in [0.4, 0.5) is 0 Å². The molecule has 112 valence electrons. The molecule has 0 radical (unpaired) electrons. The summed E-state index contributed by atoms with van der Waals surface area (Å²) in [6, 6.07) is 0.600. The quantitative estimate of drug-likeness (QED) is 0.663. The lowest BCUT2D eigenvalue weighted by molar-refractivity contribution is -0.147. The zero-order valence-corrected chi connectivity index (χ0v) is 12.8. The second kappa shape index (κ2) is 7.25. The van der Waals surface area contributed by atoms with Crippen molar-refractivity contribution in [1.29, 1.82) is 0 Å². The number of carboxylic acids is 1. The third-order valence-electron chi connectivity index (χ3n) is 4.29. The average Bonchev–Trinajstić information content (AvgIpc) is 3.16. The molecule has 1 fully saturated rings. The molecule has 4 nitrogen and oxygen atoms in total. The first kappa shape index (κ1) is 16.4. The minimum absolute atomic E-state index is 0.600. The Morgan fingerprint density at radius 3 is 2.53 bits per heavy atom. The van der Waals surface area contributed by atoms with E-state index in [2.05, 4.69) is 11.8 Å². The molecule has 0 saturated heterocycles. The van der Waals surface area contributed by atoms with Crippen molar-refractivity contribution in [2.75, 3.05) is 26.8 Å². The van der Waals surface area contributed by atoms with Gasteiger partial charge in [-0.15, -0.1) is 0 Å². The van der Waals surface area contributed by atoms with E-state index < -0.39 is 11.4 Å². The maximum atomic E-state index is 11.1. The maximum Gasteiger partial charge on any atom is 0.309 e. The Labute approximate surface area is 117 Å². The van der Waals surface area contributed by atoms with Gasteiger partial charge in [-0.05, 0) is 58.9 Å². The van der Waals surface area contributed by atoms with Crippen LogP contribution in [-0.4, -0.2) is 48.8 Å². The normalized spacial score (nSPS) is 17.7. The van der Waals surface area contributed by atoms with Gasteiger partial charge in [0, 0.05) is 19.7 Å². The first-order valence-corrected chi connectivity index (χ1v) is 7.35. The monoisotopic (exact) mass is 271 g/mol. The summed E-state index contributed by atoms with van der Waals surface area (Å²) >= 11 is 0. The predicted molar refractivity (Wildman–Crippen MR) is 76.3 cm³/mol. The second-order valence-electron chi connectivity index (χ2n) is 6.40. The molecule has 0 spiro atoms. The SMILES string of the molecule is COCCN(CCCC(C)(C)C(=O)O)C(C)C1CC1. The first-order valence-electron chi connectivity index (χ1n) is 7.35. The van der Waals surface area contributed by atoms with Crippen molar-refractivity contribution < 1.29 is 14.6 Å². The molecule has 1 N–H and O–H groups in total. The highest BCUT2D eigenvalue weighted by Gasteiger charge is 2.32. The number of carbonyl (C=O) groups is 1. The predicted octanol–water partition coefficient (Wildman–Crippen LogP) is 2.62. The highest BCUT2D eigenvalue weighted by atomic mass is 16.5. The van der Waals surface area contributed by atoms with E-state index in [1.54, 1.807) is 21.0 Å². The van der Waals surface area contributed by atoms with Crippen LogP contribution in [0, 0.1) is 11.3 Å². The van der Waals surface area contributed by atoms with Crippen LogP contribution in [0.5, 0.6) is 0 Å². The molecule has 1 unspecified atom stereocenters. The minimum Gasteiger partial charge on any atom is -0.481 e. The highest BCUT2D eigenvalue weighted by molar-refractivity contribution is 5.73. The van der Waals surface area contributed by atoms with Gasteiger partial charge in [0.2, 0.25) is 0 Å². The van der Waals surface area contributed by atoms with Crippen LogP contribution in [0.2, 0.25) is 0 Å². The van der Waals surface area contributed by atoms with Gasteiger partial charge in [0.25, 0.3) is 0 Å². The highest BCUT2D eigenvalue weighted by Crippen LogP contribution is 2.35. The molecular weight excluding hydrogens is 242 g/mol. The Kier molecular flexibility index (Phi) is 6.27. The molecule has 0 heterocycles. The lowest BCUT2D eigenvalue weighted by Crippen LogP contribution is -2.38. The number of rotatable bonds is 10. The fourth-order valence-corrected chi connectivity index (χ4v) is 2.44. The smallest absolute Gasteiger partial charge is 0.309 e. The maximum absolute atomic E-state index is 11.1. The molecule has 1 saturated carbocycles. The van der Waals surface area contributed by atoms with E-state index in [9.17, 15) is 4.79 Å². The molecule has 0 aromatic carbocycles. The van der Waals surface area contributed by atoms with Crippen LogP contribution >= 0.6 is 0 Å². The zero-order chi connectivity index (χ0) is 14.5.